The van der Waals surface area contributed by atoms with Crippen LogP contribution < -0.4 is 5.73 Å². The molecule has 4 aromatic heterocycles. The number of hydrogen-bond donors (Lipinski definition) is 3. The molecule has 0 fully saturated rings. The lowest BCUT2D eigenvalue weighted by Crippen LogP contribution is -1.89. The lowest BCUT2D eigenvalue weighted by molar-refractivity contribution is 1.30. The van der Waals surface area contributed by atoms with Crippen LogP contribution in [0.1, 0.15) is 0 Å². The highest BCUT2D eigenvalue weighted by atomic mass is 14.9. The average Bonchev–Trinajstić information content (AvgIpc) is 3.28. The molecular formula is C20H15N5. The molecule has 5 rings (SSSR count). The third-order valence-electron chi connectivity index (χ3n) is 4.51. The third-order valence-corrected chi connectivity index (χ3v) is 4.51. The second kappa shape index (κ2) is 5.21. The van der Waals surface area contributed by atoms with Crippen molar-refractivity contribution < 1.29 is 0 Å². The van der Waals surface area contributed by atoms with E-state index in [4.69, 9.17) is 5.73 Å². The summed E-state index contributed by atoms with van der Waals surface area (Å²) in [5.41, 5.74) is 12.1. The van der Waals surface area contributed by atoms with E-state index >= 15 is 0 Å². The summed E-state index contributed by atoms with van der Waals surface area (Å²) in [6.45, 7) is 0. The SMILES string of the molecule is Nc1cc(-c2cc3c(-c4cccc5[nH]ccc45)ccnc3[nH]2)ccn1. The van der Waals surface area contributed by atoms with Crippen LogP contribution in [-0.2, 0) is 0 Å². The van der Waals surface area contributed by atoms with Crippen molar-refractivity contribution in [1.29, 1.82) is 0 Å². The molecule has 0 saturated heterocycles. The van der Waals surface area contributed by atoms with Crippen molar-refractivity contribution >= 4 is 27.8 Å². The van der Waals surface area contributed by atoms with Crippen LogP contribution in [0.5, 0.6) is 0 Å². The molecule has 0 atom stereocenters. The zero-order valence-electron chi connectivity index (χ0n) is 13.3. The Kier molecular flexibility index (Phi) is 2.87. The molecule has 5 aromatic rings. The number of hydrogen-bond acceptors (Lipinski definition) is 3. The molecule has 0 aliphatic heterocycles. The fraction of sp³-hybridized carbons (Fsp3) is 0. The summed E-state index contributed by atoms with van der Waals surface area (Å²) in [6.07, 6.45) is 5.52. The molecule has 0 amide bonds. The van der Waals surface area contributed by atoms with Gasteiger partial charge in [0.2, 0.25) is 0 Å². The van der Waals surface area contributed by atoms with Crippen molar-refractivity contribution in [3.63, 3.8) is 0 Å². The van der Waals surface area contributed by atoms with Gasteiger partial charge < -0.3 is 15.7 Å². The molecule has 5 nitrogen and oxygen atoms in total. The summed E-state index contributed by atoms with van der Waals surface area (Å²) in [7, 11) is 0. The number of nitrogens with one attached hydrogen (secondary N) is 2. The molecule has 0 radical (unpaired) electrons. The number of nitrogens with two attached hydrogens (primary N) is 1. The molecule has 0 spiro atoms. The summed E-state index contributed by atoms with van der Waals surface area (Å²) < 4.78 is 0. The Hall–Kier alpha value is -3.60. The number of rotatable bonds is 2. The van der Waals surface area contributed by atoms with E-state index in [1.807, 2.05) is 24.5 Å². The summed E-state index contributed by atoms with van der Waals surface area (Å²) in [5, 5.41) is 2.28. The van der Waals surface area contributed by atoms with E-state index in [2.05, 4.69) is 56.3 Å². The van der Waals surface area contributed by atoms with E-state index < -0.39 is 0 Å². The first-order valence-electron chi connectivity index (χ1n) is 8.06. The minimum Gasteiger partial charge on any atom is -0.384 e. The van der Waals surface area contributed by atoms with Gasteiger partial charge in [-0.25, -0.2) is 9.97 Å². The lowest BCUT2D eigenvalue weighted by atomic mass is 10.00. The quantitative estimate of drug-likeness (QED) is 0.451. The molecule has 5 heteroatoms. The number of aromatic amines is 2. The van der Waals surface area contributed by atoms with E-state index in [1.165, 1.54) is 10.9 Å². The molecule has 0 aliphatic rings. The zero-order valence-corrected chi connectivity index (χ0v) is 13.3. The number of H-pyrrole nitrogens is 2. The third kappa shape index (κ3) is 2.17. The molecule has 4 N–H and O–H groups in total. The van der Waals surface area contributed by atoms with E-state index in [0.717, 1.165) is 33.4 Å². The van der Waals surface area contributed by atoms with Crippen molar-refractivity contribution in [2.75, 3.05) is 5.73 Å². The topological polar surface area (TPSA) is 83.4 Å². The fourth-order valence-corrected chi connectivity index (χ4v) is 3.35. The van der Waals surface area contributed by atoms with Gasteiger partial charge in [0.25, 0.3) is 0 Å². The average molecular weight is 325 g/mol. The normalized spacial score (nSPS) is 11.4. The minimum absolute atomic E-state index is 0.501. The van der Waals surface area contributed by atoms with Crippen LogP contribution in [0.2, 0.25) is 0 Å². The van der Waals surface area contributed by atoms with Crippen molar-refractivity contribution in [3.05, 3.63) is 67.1 Å². The Morgan fingerprint density at radius 3 is 2.64 bits per heavy atom. The molecule has 0 bridgehead atoms. The van der Waals surface area contributed by atoms with Crippen LogP contribution in [0.4, 0.5) is 5.82 Å². The standard InChI is InChI=1S/C20H15N5/c21-19-10-12(4-7-23-19)18-11-16-14(5-9-24-20(16)25-18)13-2-1-3-17-15(13)6-8-22-17/h1-11,22H,(H2,21,23)(H,24,25). The number of nitrogen functional groups attached to an aromatic ring is 1. The number of anilines is 1. The molecule has 4 heterocycles. The van der Waals surface area contributed by atoms with Crippen LogP contribution in [0.15, 0.2) is 67.1 Å². The predicted molar refractivity (Wildman–Crippen MR) is 101 cm³/mol. The Bertz CT molecular complexity index is 1220. The van der Waals surface area contributed by atoms with Crippen LogP contribution in [-0.4, -0.2) is 19.9 Å². The van der Waals surface area contributed by atoms with Gasteiger partial charge in [0, 0.05) is 46.1 Å². The number of pyridine rings is 2. The van der Waals surface area contributed by atoms with Crippen LogP contribution in [0.25, 0.3) is 44.3 Å². The van der Waals surface area contributed by atoms with Crippen LogP contribution in [0, 0.1) is 0 Å². The Labute approximate surface area is 143 Å². The van der Waals surface area contributed by atoms with Gasteiger partial charge in [0.05, 0.1) is 0 Å². The van der Waals surface area contributed by atoms with Gasteiger partial charge in [0.15, 0.2) is 0 Å². The number of aromatic nitrogens is 4. The van der Waals surface area contributed by atoms with Crippen molar-refractivity contribution in [1.82, 2.24) is 19.9 Å². The summed E-state index contributed by atoms with van der Waals surface area (Å²) in [6, 6.07) is 16.4. The lowest BCUT2D eigenvalue weighted by Gasteiger charge is -2.05. The second-order valence-electron chi connectivity index (χ2n) is 6.02. The van der Waals surface area contributed by atoms with Crippen molar-refractivity contribution in [2.45, 2.75) is 0 Å². The van der Waals surface area contributed by atoms with Crippen LogP contribution >= 0.6 is 0 Å². The Morgan fingerprint density at radius 1 is 0.840 bits per heavy atom. The van der Waals surface area contributed by atoms with Crippen molar-refractivity contribution in [3.8, 4) is 22.4 Å². The molecule has 1 aromatic carbocycles. The maximum Gasteiger partial charge on any atom is 0.138 e. The molecule has 25 heavy (non-hydrogen) atoms. The predicted octanol–water partition coefficient (Wildman–Crippen LogP) is 4.36. The second-order valence-corrected chi connectivity index (χ2v) is 6.02. The van der Waals surface area contributed by atoms with Gasteiger partial charge in [-0.15, -0.1) is 0 Å². The van der Waals surface area contributed by atoms with E-state index in [9.17, 15) is 0 Å². The highest BCUT2D eigenvalue weighted by molar-refractivity contribution is 6.04. The highest BCUT2D eigenvalue weighted by Crippen LogP contribution is 2.34. The van der Waals surface area contributed by atoms with Gasteiger partial charge in [0.1, 0.15) is 11.5 Å². The first kappa shape index (κ1) is 13.8. The van der Waals surface area contributed by atoms with Gasteiger partial charge in [-0.3, -0.25) is 0 Å². The van der Waals surface area contributed by atoms with E-state index in [0.29, 0.717) is 5.82 Å². The van der Waals surface area contributed by atoms with Gasteiger partial charge in [-0.05, 0) is 47.5 Å². The number of nitrogens with zero attached hydrogens (tertiary/aromatic N) is 2. The largest absolute Gasteiger partial charge is 0.384 e. The number of fused-ring (bicyclic) bond motifs is 2. The molecule has 120 valence electrons. The highest BCUT2D eigenvalue weighted by Gasteiger charge is 2.12. The first-order chi connectivity index (χ1) is 12.3. The maximum absolute atomic E-state index is 5.82. The van der Waals surface area contributed by atoms with Gasteiger partial charge in [-0.2, -0.15) is 0 Å². The van der Waals surface area contributed by atoms with Gasteiger partial charge >= 0.3 is 0 Å². The number of benzene rings is 1. The minimum atomic E-state index is 0.501. The van der Waals surface area contributed by atoms with Crippen LogP contribution in [0.3, 0.4) is 0 Å². The van der Waals surface area contributed by atoms with E-state index in [-0.39, 0.29) is 0 Å². The smallest absolute Gasteiger partial charge is 0.138 e. The summed E-state index contributed by atoms with van der Waals surface area (Å²) >= 11 is 0. The van der Waals surface area contributed by atoms with E-state index in [1.54, 1.807) is 6.20 Å². The molecular weight excluding hydrogens is 310 g/mol. The molecule has 0 unspecified atom stereocenters. The maximum atomic E-state index is 5.82. The fourth-order valence-electron chi connectivity index (χ4n) is 3.35. The van der Waals surface area contributed by atoms with Gasteiger partial charge in [-0.1, -0.05) is 12.1 Å². The summed E-state index contributed by atoms with van der Waals surface area (Å²) in [4.78, 5) is 15.2. The summed E-state index contributed by atoms with van der Waals surface area (Å²) in [5.74, 6) is 0.501. The molecule has 0 aliphatic carbocycles. The van der Waals surface area contributed by atoms with Crippen molar-refractivity contribution in [2.24, 2.45) is 0 Å². The first-order valence-corrected chi connectivity index (χ1v) is 8.06. The monoisotopic (exact) mass is 325 g/mol. The Balaban J connectivity index is 1.76. The Morgan fingerprint density at radius 2 is 1.72 bits per heavy atom. The zero-order chi connectivity index (χ0) is 16.8. The molecule has 0 saturated carbocycles.